The first-order valence-corrected chi connectivity index (χ1v) is 8.73. The fraction of sp³-hybridized carbons (Fsp3) is 0.250. The Hall–Kier alpha value is -3.35. The fourth-order valence-corrected chi connectivity index (χ4v) is 2.34. The molecule has 0 fully saturated rings. The third-order valence-corrected chi connectivity index (χ3v) is 3.64. The number of hydrogen-bond acceptors (Lipinski definition) is 6. The van der Waals surface area contributed by atoms with Gasteiger partial charge in [0.2, 0.25) is 5.95 Å². The van der Waals surface area contributed by atoms with Crippen LogP contribution in [0.4, 0.5) is 5.95 Å². The fourth-order valence-electron chi connectivity index (χ4n) is 2.34. The van der Waals surface area contributed by atoms with Gasteiger partial charge < -0.3 is 14.2 Å². The maximum absolute atomic E-state index is 5.82. The van der Waals surface area contributed by atoms with Crippen molar-refractivity contribution >= 4 is 12.2 Å². The molecule has 0 spiro atoms. The predicted molar refractivity (Wildman–Crippen MR) is 103 cm³/mol. The lowest BCUT2D eigenvalue weighted by atomic mass is 10.2. The van der Waals surface area contributed by atoms with E-state index >= 15 is 0 Å². The number of nitrogens with one attached hydrogen (secondary N) is 1. The Labute approximate surface area is 158 Å². The zero-order chi connectivity index (χ0) is 18.9. The molecule has 2 aromatic carbocycles. The minimum atomic E-state index is 0.416. The van der Waals surface area contributed by atoms with Crippen molar-refractivity contribution in [2.24, 2.45) is 4.99 Å². The summed E-state index contributed by atoms with van der Waals surface area (Å²) in [6.07, 6.45) is 3.10. The van der Waals surface area contributed by atoms with E-state index in [9.17, 15) is 0 Å². The highest BCUT2D eigenvalue weighted by Gasteiger charge is 2.06. The van der Waals surface area contributed by atoms with E-state index in [1.165, 1.54) is 11.9 Å². The molecule has 0 aliphatic carbocycles. The molecular weight excluding hydrogens is 344 g/mol. The molecule has 1 heterocycles. The summed E-state index contributed by atoms with van der Waals surface area (Å²) in [5.41, 5.74) is 2.07. The van der Waals surface area contributed by atoms with Crippen LogP contribution in [0.1, 0.15) is 18.1 Å². The predicted octanol–water partition coefficient (Wildman–Crippen LogP) is 3.72. The summed E-state index contributed by atoms with van der Waals surface area (Å²) >= 11 is 0. The summed E-state index contributed by atoms with van der Waals surface area (Å²) in [5, 5.41) is 6.44. The molecule has 0 aliphatic heterocycles. The second kappa shape index (κ2) is 9.38. The molecule has 1 aromatic heterocycles. The molecule has 0 bridgehead atoms. The van der Waals surface area contributed by atoms with Gasteiger partial charge in [-0.3, -0.25) is 0 Å². The highest BCUT2D eigenvalue weighted by molar-refractivity contribution is 5.82. The molecule has 0 aliphatic rings. The number of aromatic amines is 1. The van der Waals surface area contributed by atoms with E-state index in [0.29, 0.717) is 37.3 Å². The number of aliphatic imine (C=N–C) groups is 1. The van der Waals surface area contributed by atoms with Gasteiger partial charge in [-0.05, 0) is 49.7 Å². The van der Waals surface area contributed by atoms with Gasteiger partial charge in [0.15, 0.2) is 11.5 Å². The Kier molecular flexibility index (Phi) is 6.40. The standard InChI is InChI=1S/C20H22N4O3/c1-3-25-19-12-16(13-21-20-22-14-23-24-20)6-9-18(19)27-11-10-26-17-7-4-15(2)5-8-17/h4-9,12-14H,3,10-11H2,1-2H3,(H,22,23,24). The minimum absolute atomic E-state index is 0.416. The van der Waals surface area contributed by atoms with Crippen LogP contribution in [0, 0.1) is 6.92 Å². The van der Waals surface area contributed by atoms with Gasteiger partial charge >= 0.3 is 0 Å². The van der Waals surface area contributed by atoms with E-state index in [0.717, 1.165) is 11.3 Å². The van der Waals surface area contributed by atoms with Crippen molar-refractivity contribution in [2.75, 3.05) is 19.8 Å². The first-order chi connectivity index (χ1) is 13.2. The average molecular weight is 366 g/mol. The number of aryl methyl sites for hydroxylation is 1. The molecule has 0 atom stereocenters. The molecule has 0 saturated carbocycles. The molecule has 0 saturated heterocycles. The van der Waals surface area contributed by atoms with Gasteiger partial charge in [0.05, 0.1) is 6.61 Å². The number of ether oxygens (including phenoxy) is 3. The Balaban J connectivity index is 1.57. The number of aromatic nitrogens is 3. The summed E-state index contributed by atoms with van der Waals surface area (Å²) in [4.78, 5) is 8.16. The molecule has 1 N–H and O–H groups in total. The maximum atomic E-state index is 5.82. The summed E-state index contributed by atoms with van der Waals surface area (Å²) in [6, 6.07) is 13.6. The second-order valence-electron chi connectivity index (χ2n) is 5.72. The molecule has 0 radical (unpaired) electrons. The number of rotatable bonds is 9. The highest BCUT2D eigenvalue weighted by Crippen LogP contribution is 2.28. The van der Waals surface area contributed by atoms with Crippen LogP contribution in [0.5, 0.6) is 17.2 Å². The van der Waals surface area contributed by atoms with Crippen LogP contribution in [-0.4, -0.2) is 41.2 Å². The Bertz CT molecular complexity index is 861. The van der Waals surface area contributed by atoms with Crippen molar-refractivity contribution in [2.45, 2.75) is 13.8 Å². The van der Waals surface area contributed by atoms with Gasteiger partial charge in [0.25, 0.3) is 0 Å². The average Bonchev–Trinajstić information content (AvgIpc) is 3.20. The molecule has 140 valence electrons. The smallest absolute Gasteiger partial charge is 0.245 e. The van der Waals surface area contributed by atoms with Crippen molar-refractivity contribution < 1.29 is 14.2 Å². The van der Waals surface area contributed by atoms with Gasteiger partial charge in [0, 0.05) is 6.21 Å². The van der Waals surface area contributed by atoms with Crippen molar-refractivity contribution in [3.63, 3.8) is 0 Å². The Morgan fingerprint density at radius 1 is 1.00 bits per heavy atom. The summed E-state index contributed by atoms with van der Waals surface area (Å²) in [7, 11) is 0. The van der Waals surface area contributed by atoms with E-state index in [1.54, 1.807) is 6.21 Å². The van der Waals surface area contributed by atoms with Gasteiger partial charge in [-0.25, -0.2) is 10.1 Å². The van der Waals surface area contributed by atoms with Crippen molar-refractivity contribution in [1.82, 2.24) is 15.2 Å². The van der Waals surface area contributed by atoms with Crippen LogP contribution < -0.4 is 14.2 Å². The van der Waals surface area contributed by atoms with Gasteiger partial charge in [0.1, 0.15) is 25.3 Å². The summed E-state index contributed by atoms with van der Waals surface area (Å²) < 4.78 is 17.2. The first-order valence-electron chi connectivity index (χ1n) is 8.73. The van der Waals surface area contributed by atoms with Crippen molar-refractivity contribution in [1.29, 1.82) is 0 Å². The number of hydrogen-bond donors (Lipinski definition) is 1. The molecule has 3 rings (SSSR count). The van der Waals surface area contributed by atoms with Crippen LogP contribution in [0.2, 0.25) is 0 Å². The lowest BCUT2D eigenvalue weighted by molar-refractivity contribution is 0.208. The van der Waals surface area contributed by atoms with Crippen LogP contribution >= 0.6 is 0 Å². The van der Waals surface area contributed by atoms with Gasteiger partial charge in [-0.1, -0.05) is 17.7 Å². The lowest BCUT2D eigenvalue weighted by Gasteiger charge is -2.13. The number of H-pyrrole nitrogens is 1. The van der Waals surface area contributed by atoms with E-state index < -0.39 is 0 Å². The van der Waals surface area contributed by atoms with Crippen LogP contribution in [0.25, 0.3) is 0 Å². The second-order valence-corrected chi connectivity index (χ2v) is 5.72. The first kappa shape index (κ1) is 18.4. The minimum Gasteiger partial charge on any atom is -0.490 e. The SMILES string of the molecule is CCOc1cc(C=Nc2ncn[nH]2)ccc1OCCOc1ccc(C)cc1. The Morgan fingerprint density at radius 2 is 1.81 bits per heavy atom. The van der Waals surface area contributed by atoms with E-state index in [4.69, 9.17) is 14.2 Å². The summed E-state index contributed by atoms with van der Waals surface area (Å²) in [6.45, 7) is 5.38. The molecular formula is C20H22N4O3. The quantitative estimate of drug-likeness (QED) is 0.461. The monoisotopic (exact) mass is 366 g/mol. The number of nitrogens with zero attached hydrogens (tertiary/aromatic N) is 3. The normalized spacial score (nSPS) is 10.9. The third kappa shape index (κ3) is 5.57. The van der Waals surface area contributed by atoms with Gasteiger partial charge in [-0.15, -0.1) is 0 Å². The molecule has 7 nitrogen and oxygen atoms in total. The van der Waals surface area contributed by atoms with Crippen molar-refractivity contribution in [3.05, 3.63) is 59.9 Å². The third-order valence-electron chi connectivity index (χ3n) is 3.64. The van der Waals surface area contributed by atoms with Crippen LogP contribution in [0.15, 0.2) is 53.8 Å². The van der Waals surface area contributed by atoms with Crippen LogP contribution in [0.3, 0.4) is 0 Å². The topological polar surface area (TPSA) is 81.6 Å². The Morgan fingerprint density at radius 3 is 2.56 bits per heavy atom. The maximum Gasteiger partial charge on any atom is 0.245 e. The van der Waals surface area contributed by atoms with E-state index in [1.807, 2.05) is 56.3 Å². The largest absolute Gasteiger partial charge is 0.490 e. The van der Waals surface area contributed by atoms with E-state index in [-0.39, 0.29) is 0 Å². The molecule has 27 heavy (non-hydrogen) atoms. The number of benzene rings is 2. The summed E-state index contributed by atoms with van der Waals surface area (Å²) in [5.74, 6) is 2.60. The highest BCUT2D eigenvalue weighted by atomic mass is 16.5. The molecule has 7 heteroatoms. The van der Waals surface area contributed by atoms with Crippen LogP contribution in [-0.2, 0) is 0 Å². The zero-order valence-electron chi connectivity index (χ0n) is 15.4. The lowest BCUT2D eigenvalue weighted by Crippen LogP contribution is -2.10. The molecule has 0 unspecified atom stereocenters. The van der Waals surface area contributed by atoms with Gasteiger partial charge in [-0.2, -0.15) is 10.1 Å². The molecule has 0 amide bonds. The zero-order valence-corrected chi connectivity index (χ0v) is 15.4. The van der Waals surface area contributed by atoms with E-state index in [2.05, 4.69) is 20.2 Å². The van der Waals surface area contributed by atoms with Crippen molar-refractivity contribution in [3.8, 4) is 17.2 Å². The molecule has 3 aromatic rings.